The summed E-state index contributed by atoms with van der Waals surface area (Å²) in [4.78, 5) is 6.60. The van der Waals surface area contributed by atoms with E-state index in [1.165, 1.54) is 11.1 Å². The van der Waals surface area contributed by atoms with Crippen molar-refractivity contribution in [3.05, 3.63) is 29.6 Å². The van der Waals surface area contributed by atoms with Crippen LogP contribution in [0.3, 0.4) is 0 Å². The molecule has 1 aromatic rings. The number of hydrogen-bond acceptors (Lipinski definition) is 4. The second-order valence-corrected chi connectivity index (χ2v) is 6.15. The minimum atomic E-state index is -0.277. The highest BCUT2D eigenvalue weighted by Crippen LogP contribution is 2.35. The van der Waals surface area contributed by atoms with Crippen molar-refractivity contribution in [2.75, 3.05) is 19.7 Å². The lowest BCUT2D eigenvalue weighted by Gasteiger charge is -2.46. The summed E-state index contributed by atoms with van der Waals surface area (Å²) in [5, 5.41) is 10.3. The molecule has 1 atom stereocenters. The third kappa shape index (κ3) is 2.73. The maximum Gasteiger partial charge on any atom is 0.0964 e. The second-order valence-electron chi connectivity index (χ2n) is 6.15. The molecular weight excluding hydrogens is 252 g/mol. The quantitative estimate of drug-likeness (QED) is 0.896. The molecule has 1 N–H and O–H groups in total. The lowest BCUT2D eigenvalue weighted by atomic mass is 9.82. The Morgan fingerprint density at radius 3 is 2.95 bits per heavy atom. The van der Waals surface area contributed by atoms with Crippen LogP contribution in [0.15, 0.2) is 18.5 Å². The largest absolute Gasteiger partial charge is 0.390 e. The monoisotopic (exact) mass is 276 g/mol. The molecule has 0 saturated carbocycles. The number of hydrogen-bond donors (Lipinski definition) is 1. The number of aryl methyl sites for hydroxylation is 1. The van der Waals surface area contributed by atoms with E-state index in [-0.39, 0.29) is 11.7 Å². The molecule has 0 unspecified atom stereocenters. The molecule has 4 heteroatoms. The Labute approximate surface area is 120 Å². The summed E-state index contributed by atoms with van der Waals surface area (Å²) < 4.78 is 5.95. The van der Waals surface area contributed by atoms with Crippen LogP contribution in [0.25, 0.3) is 0 Å². The molecule has 0 aromatic carbocycles. The lowest BCUT2D eigenvalue weighted by molar-refractivity contribution is -0.177. The Kier molecular flexibility index (Phi) is 4.06. The molecule has 2 aliphatic heterocycles. The van der Waals surface area contributed by atoms with E-state index in [9.17, 15) is 5.11 Å². The summed E-state index contributed by atoms with van der Waals surface area (Å²) >= 11 is 0. The summed E-state index contributed by atoms with van der Waals surface area (Å²) in [6, 6.07) is 2.10. The molecule has 3 heterocycles. The smallest absolute Gasteiger partial charge is 0.0964 e. The van der Waals surface area contributed by atoms with Crippen molar-refractivity contribution in [3.63, 3.8) is 0 Å². The zero-order valence-corrected chi connectivity index (χ0v) is 12.2. The maximum atomic E-state index is 10.3. The molecule has 4 nitrogen and oxygen atoms in total. The standard InChI is InChI=1S/C16H24N2O2/c1-13-11-17-7-4-14(13)12-18-8-5-16(6-9-18)15(19)3-2-10-20-16/h4,7,11,15,19H,2-3,5-6,8-10,12H2,1H3/t15-/m0/s1. The number of pyridine rings is 1. The average Bonchev–Trinajstić information content (AvgIpc) is 2.47. The van der Waals surface area contributed by atoms with Gasteiger partial charge in [-0.25, -0.2) is 0 Å². The zero-order chi connectivity index (χ0) is 14.0. The van der Waals surface area contributed by atoms with Gasteiger partial charge in [-0.1, -0.05) is 0 Å². The normalized spacial score (nSPS) is 26.8. The molecule has 3 rings (SSSR count). The molecule has 2 aliphatic rings. The number of aliphatic hydroxyl groups is 1. The van der Waals surface area contributed by atoms with Crippen molar-refractivity contribution in [1.82, 2.24) is 9.88 Å². The molecule has 2 fully saturated rings. The van der Waals surface area contributed by atoms with Crippen molar-refractivity contribution in [2.24, 2.45) is 0 Å². The third-order valence-electron chi connectivity index (χ3n) is 4.85. The molecule has 20 heavy (non-hydrogen) atoms. The van der Waals surface area contributed by atoms with Gasteiger partial charge in [-0.15, -0.1) is 0 Å². The minimum absolute atomic E-state index is 0.262. The van der Waals surface area contributed by atoms with E-state index in [2.05, 4.69) is 22.9 Å². The summed E-state index contributed by atoms with van der Waals surface area (Å²) in [6.07, 6.45) is 7.28. The van der Waals surface area contributed by atoms with Gasteiger partial charge in [-0.3, -0.25) is 9.88 Å². The van der Waals surface area contributed by atoms with Crippen LogP contribution in [-0.4, -0.2) is 46.4 Å². The van der Waals surface area contributed by atoms with Gasteiger partial charge in [0.05, 0.1) is 11.7 Å². The summed E-state index contributed by atoms with van der Waals surface area (Å²) in [7, 11) is 0. The van der Waals surface area contributed by atoms with Crippen molar-refractivity contribution in [1.29, 1.82) is 0 Å². The van der Waals surface area contributed by atoms with Gasteiger partial charge in [0, 0.05) is 38.6 Å². The maximum absolute atomic E-state index is 10.3. The van der Waals surface area contributed by atoms with Crippen molar-refractivity contribution in [2.45, 2.75) is 50.9 Å². The summed E-state index contributed by atoms with van der Waals surface area (Å²) in [5.41, 5.74) is 2.34. The van der Waals surface area contributed by atoms with Crippen molar-refractivity contribution >= 4 is 0 Å². The van der Waals surface area contributed by atoms with Crippen LogP contribution in [0.5, 0.6) is 0 Å². The van der Waals surface area contributed by atoms with E-state index in [0.717, 1.165) is 51.9 Å². The molecule has 0 bridgehead atoms. The number of rotatable bonds is 2. The molecule has 2 saturated heterocycles. The Bertz CT molecular complexity index is 456. The zero-order valence-electron chi connectivity index (χ0n) is 12.2. The second kappa shape index (κ2) is 5.80. The van der Waals surface area contributed by atoms with Crippen molar-refractivity contribution in [3.8, 4) is 0 Å². The summed E-state index contributed by atoms with van der Waals surface area (Å²) in [5.74, 6) is 0. The van der Waals surface area contributed by atoms with Crippen LogP contribution < -0.4 is 0 Å². The van der Waals surface area contributed by atoms with Gasteiger partial charge in [-0.05, 0) is 49.8 Å². The number of piperidine rings is 1. The van der Waals surface area contributed by atoms with Gasteiger partial charge in [0.15, 0.2) is 0 Å². The fourth-order valence-corrected chi connectivity index (χ4v) is 3.40. The van der Waals surface area contributed by atoms with E-state index >= 15 is 0 Å². The van der Waals surface area contributed by atoms with E-state index < -0.39 is 0 Å². The van der Waals surface area contributed by atoms with Crippen LogP contribution in [0, 0.1) is 6.92 Å². The van der Waals surface area contributed by atoms with Crippen LogP contribution in [-0.2, 0) is 11.3 Å². The Hall–Kier alpha value is -0.970. The first-order valence-electron chi connectivity index (χ1n) is 7.63. The highest BCUT2D eigenvalue weighted by molar-refractivity contribution is 5.21. The first-order valence-corrected chi connectivity index (χ1v) is 7.63. The average molecular weight is 276 g/mol. The van der Waals surface area contributed by atoms with Crippen molar-refractivity contribution < 1.29 is 9.84 Å². The number of ether oxygens (including phenoxy) is 1. The molecule has 110 valence electrons. The molecular formula is C16H24N2O2. The predicted molar refractivity (Wildman–Crippen MR) is 77.4 cm³/mol. The third-order valence-corrected chi connectivity index (χ3v) is 4.85. The molecule has 1 aromatic heterocycles. The molecule has 0 amide bonds. The Morgan fingerprint density at radius 1 is 1.45 bits per heavy atom. The van der Waals surface area contributed by atoms with Gasteiger partial charge < -0.3 is 9.84 Å². The fraction of sp³-hybridized carbons (Fsp3) is 0.688. The number of aliphatic hydroxyl groups excluding tert-OH is 1. The van der Waals surface area contributed by atoms with Gasteiger partial charge in [-0.2, -0.15) is 0 Å². The van der Waals surface area contributed by atoms with E-state index in [4.69, 9.17) is 4.74 Å². The van der Waals surface area contributed by atoms with Crippen LogP contribution in [0.2, 0.25) is 0 Å². The van der Waals surface area contributed by atoms with E-state index in [1.54, 1.807) is 0 Å². The van der Waals surface area contributed by atoms with Gasteiger partial charge >= 0.3 is 0 Å². The lowest BCUT2D eigenvalue weighted by Crippen LogP contribution is -2.55. The van der Waals surface area contributed by atoms with Gasteiger partial charge in [0.2, 0.25) is 0 Å². The van der Waals surface area contributed by atoms with E-state index in [1.807, 2.05) is 12.4 Å². The highest BCUT2D eigenvalue weighted by Gasteiger charge is 2.43. The van der Waals surface area contributed by atoms with Gasteiger partial charge in [0.25, 0.3) is 0 Å². The molecule has 0 radical (unpaired) electrons. The predicted octanol–water partition coefficient (Wildman–Crippen LogP) is 1.90. The molecule has 1 spiro atoms. The summed E-state index contributed by atoms with van der Waals surface area (Å²) in [6.45, 7) is 5.89. The first kappa shape index (κ1) is 14.0. The fourth-order valence-electron chi connectivity index (χ4n) is 3.40. The number of nitrogens with zero attached hydrogens (tertiary/aromatic N) is 2. The first-order chi connectivity index (χ1) is 9.70. The molecule has 0 aliphatic carbocycles. The topological polar surface area (TPSA) is 45.6 Å². The Balaban J connectivity index is 1.60. The Morgan fingerprint density at radius 2 is 2.25 bits per heavy atom. The number of aromatic nitrogens is 1. The van der Waals surface area contributed by atoms with Crippen LogP contribution in [0.1, 0.15) is 36.8 Å². The minimum Gasteiger partial charge on any atom is -0.390 e. The van der Waals surface area contributed by atoms with Crippen LogP contribution in [0.4, 0.5) is 0 Å². The number of likely N-dealkylation sites (tertiary alicyclic amines) is 1. The highest BCUT2D eigenvalue weighted by atomic mass is 16.5. The van der Waals surface area contributed by atoms with E-state index in [0.29, 0.717) is 0 Å². The van der Waals surface area contributed by atoms with Crippen LogP contribution >= 0.6 is 0 Å². The van der Waals surface area contributed by atoms with Gasteiger partial charge in [0.1, 0.15) is 0 Å². The SMILES string of the molecule is Cc1cnccc1CN1CCC2(CC1)OCCC[C@@H]2O.